The van der Waals surface area contributed by atoms with Gasteiger partial charge < -0.3 is 5.11 Å². The highest BCUT2D eigenvalue weighted by atomic mass is 32.2. The molecule has 5 heteroatoms. The smallest absolute Gasteiger partial charge is 0.269 e. The minimum Gasteiger partial charge on any atom is -0.507 e. The molecule has 0 amide bonds. The van der Waals surface area contributed by atoms with Crippen LogP contribution in [0.5, 0.6) is 5.75 Å². The SMILES string of the molecule is CCCCCCCCc1c(CS(=O)(=O)O)cc(CC)c(O)c1CCCCCCCC. The highest BCUT2D eigenvalue weighted by Crippen LogP contribution is 2.33. The van der Waals surface area contributed by atoms with E-state index in [-0.39, 0.29) is 5.75 Å². The molecule has 30 heavy (non-hydrogen) atoms. The van der Waals surface area contributed by atoms with Gasteiger partial charge in [-0.2, -0.15) is 8.42 Å². The maximum atomic E-state index is 11.7. The number of aryl methyl sites for hydroxylation is 1. The van der Waals surface area contributed by atoms with Crippen molar-refractivity contribution < 1.29 is 18.1 Å². The standard InChI is InChI=1S/C25H44O4S/c1-4-7-9-11-13-15-17-23-22(20-30(27,28)29)19-21(6-3)25(26)24(23)18-16-14-12-10-8-5-2/h19,26H,4-18,20H2,1-3H3,(H,27,28,29). The molecule has 1 aromatic carbocycles. The van der Waals surface area contributed by atoms with Crippen molar-refractivity contribution in [2.24, 2.45) is 0 Å². The van der Waals surface area contributed by atoms with Crippen molar-refractivity contribution >= 4 is 10.1 Å². The van der Waals surface area contributed by atoms with E-state index >= 15 is 0 Å². The molecule has 4 nitrogen and oxygen atoms in total. The Labute approximate surface area is 185 Å². The van der Waals surface area contributed by atoms with Crippen molar-refractivity contribution in [3.63, 3.8) is 0 Å². The fraction of sp³-hybridized carbons (Fsp3) is 0.760. The molecule has 0 aliphatic rings. The van der Waals surface area contributed by atoms with Gasteiger partial charge in [0.25, 0.3) is 10.1 Å². The molecule has 0 heterocycles. The predicted octanol–water partition coefficient (Wildman–Crippen LogP) is 7.15. The van der Waals surface area contributed by atoms with Crippen molar-refractivity contribution in [3.05, 3.63) is 28.3 Å². The molecule has 0 aliphatic heterocycles. The van der Waals surface area contributed by atoms with Crippen LogP contribution >= 0.6 is 0 Å². The average molecular weight is 441 g/mol. The monoisotopic (exact) mass is 440 g/mol. The molecule has 0 fully saturated rings. The van der Waals surface area contributed by atoms with Crippen LogP contribution in [0.15, 0.2) is 6.07 Å². The molecule has 0 saturated carbocycles. The molecule has 0 saturated heterocycles. The fourth-order valence-electron chi connectivity index (χ4n) is 4.24. The molecule has 0 bridgehead atoms. The first-order chi connectivity index (χ1) is 14.3. The van der Waals surface area contributed by atoms with Crippen LogP contribution in [0.3, 0.4) is 0 Å². The summed E-state index contributed by atoms with van der Waals surface area (Å²) in [6, 6.07) is 1.79. The van der Waals surface area contributed by atoms with E-state index in [1.54, 1.807) is 6.07 Å². The summed E-state index contributed by atoms with van der Waals surface area (Å²) in [6.07, 6.45) is 16.2. The van der Waals surface area contributed by atoms with Crippen molar-refractivity contribution in [1.29, 1.82) is 0 Å². The van der Waals surface area contributed by atoms with E-state index in [1.165, 1.54) is 51.4 Å². The Bertz CT molecular complexity index is 710. The summed E-state index contributed by atoms with van der Waals surface area (Å²) in [5, 5.41) is 10.9. The second-order valence-electron chi connectivity index (χ2n) is 8.62. The summed E-state index contributed by atoms with van der Waals surface area (Å²) in [6.45, 7) is 6.38. The maximum Gasteiger partial charge on any atom is 0.269 e. The van der Waals surface area contributed by atoms with Crippen LogP contribution < -0.4 is 0 Å². The third-order valence-electron chi connectivity index (χ3n) is 5.97. The minimum absolute atomic E-state index is 0.339. The van der Waals surface area contributed by atoms with Gasteiger partial charge in [0.2, 0.25) is 0 Å². The van der Waals surface area contributed by atoms with Crippen LogP contribution in [0.2, 0.25) is 0 Å². The van der Waals surface area contributed by atoms with Crippen LogP contribution in [-0.4, -0.2) is 18.1 Å². The molecule has 0 aromatic heterocycles. The summed E-state index contributed by atoms with van der Waals surface area (Å²) in [7, 11) is -4.11. The van der Waals surface area contributed by atoms with Crippen molar-refractivity contribution in [2.45, 2.75) is 123 Å². The Morgan fingerprint density at radius 3 is 1.63 bits per heavy atom. The molecule has 0 aliphatic carbocycles. The number of hydrogen-bond donors (Lipinski definition) is 2. The molecular formula is C25H44O4S. The molecule has 1 rings (SSSR count). The van der Waals surface area contributed by atoms with Crippen molar-refractivity contribution in [1.82, 2.24) is 0 Å². The normalized spacial score (nSPS) is 11.9. The summed E-state index contributed by atoms with van der Waals surface area (Å²) in [5.74, 6) is -0.0271. The van der Waals surface area contributed by atoms with E-state index in [9.17, 15) is 18.1 Å². The summed E-state index contributed by atoms with van der Waals surface area (Å²) < 4.78 is 32.8. The summed E-state index contributed by atoms with van der Waals surface area (Å²) in [5.41, 5.74) is 3.31. The Balaban J connectivity index is 3.01. The lowest BCUT2D eigenvalue weighted by molar-refractivity contribution is 0.456. The van der Waals surface area contributed by atoms with Gasteiger partial charge in [-0.05, 0) is 54.4 Å². The highest BCUT2D eigenvalue weighted by Gasteiger charge is 2.20. The molecule has 1 aromatic rings. The Morgan fingerprint density at radius 1 is 0.700 bits per heavy atom. The molecule has 2 N–H and O–H groups in total. The van der Waals surface area contributed by atoms with E-state index in [1.807, 2.05) is 6.92 Å². The van der Waals surface area contributed by atoms with Crippen LogP contribution in [-0.2, 0) is 35.1 Å². The number of phenols is 1. The highest BCUT2D eigenvalue weighted by molar-refractivity contribution is 7.85. The van der Waals surface area contributed by atoms with Gasteiger partial charge in [0.1, 0.15) is 11.5 Å². The zero-order valence-electron chi connectivity index (χ0n) is 19.5. The van der Waals surface area contributed by atoms with Crippen molar-refractivity contribution in [2.75, 3.05) is 0 Å². The van der Waals surface area contributed by atoms with Gasteiger partial charge in [-0.25, -0.2) is 0 Å². The Hall–Kier alpha value is -1.07. The second kappa shape index (κ2) is 14.9. The predicted molar refractivity (Wildman–Crippen MR) is 127 cm³/mol. The maximum absolute atomic E-state index is 11.7. The van der Waals surface area contributed by atoms with Gasteiger partial charge in [-0.3, -0.25) is 4.55 Å². The first kappa shape index (κ1) is 27.0. The van der Waals surface area contributed by atoms with Crippen LogP contribution in [0.1, 0.15) is 120 Å². The van der Waals surface area contributed by atoms with E-state index < -0.39 is 10.1 Å². The van der Waals surface area contributed by atoms with Gasteiger partial charge in [-0.1, -0.05) is 91.0 Å². The topological polar surface area (TPSA) is 74.6 Å². The van der Waals surface area contributed by atoms with Gasteiger partial charge in [0.15, 0.2) is 0 Å². The Morgan fingerprint density at radius 2 is 1.17 bits per heavy atom. The second-order valence-corrected chi connectivity index (χ2v) is 10.1. The first-order valence-corrected chi connectivity index (χ1v) is 13.8. The molecule has 0 unspecified atom stereocenters. The number of hydrogen-bond acceptors (Lipinski definition) is 3. The molecule has 174 valence electrons. The molecule has 0 spiro atoms. The van der Waals surface area contributed by atoms with Crippen LogP contribution in [0.25, 0.3) is 0 Å². The van der Waals surface area contributed by atoms with Crippen LogP contribution in [0, 0.1) is 0 Å². The largest absolute Gasteiger partial charge is 0.507 e. The third kappa shape index (κ3) is 10.3. The number of rotatable bonds is 17. The van der Waals surface area contributed by atoms with Crippen LogP contribution in [0.4, 0.5) is 0 Å². The van der Waals surface area contributed by atoms with E-state index in [2.05, 4.69) is 13.8 Å². The lowest BCUT2D eigenvalue weighted by Crippen LogP contribution is -2.09. The lowest BCUT2D eigenvalue weighted by atomic mass is 9.89. The quantitative estimate of drug-likeness (QED) is 0.199. The van der Waals surface area contributed by atoms with E-state index in [0.717, 1.165) is 55.2 Å². The van der Waals surface area contributed by atoms with Crippen molar-refractivity contribution in [3.8, 4) is 5.75 Å². The van der Waals surface area contributed by atoms with Gasteiger partial charge in [0, 0.05) is 0 Å². The number of phenolic OH excluding ortho intramolecular Hbond substituents is 1. The zero-order valence-corrected chi connectivity index (χ0v) is 20.3. The third-order valence-corrected chi connectivity index (χ3v) is 6.65. The van der Waals surface area contributed by atoms with Gasteiger partial charge in [-0.15, -0.1) is 0 Å². The first-order valence-electron chi connectivity index (χ1n) is 12.1. The summed E-state index contributed by atoms with van der Waals surface area (Å²) in [4.78, 5) is 0. The number of unbranched alkanes of at least 4 members (excludes halogenated alkanes) is 10. The summed E-state index contributed by atoms with van der Waals surface area (Å²) >= 11 is 0. The van der Waals surface area contributed by atoms with E-state index in [4.69, 9.17) is 0 Å². The Kier molecular flexibility index (Phi) is 13.3. The van der Waals surface area contributed by atoms with Gasteiger partial charge >= 0.3 is 0 Å². The minimum atomic E-state index is -4.11. The van der Waals surface area contributed by atoms with E-state index in [0.29, 0.717) is 17.7 Å². The fourth-order valence-corrected chi connectivity index (χ4v) is 4.89. The molecular weight excluding hydrogens is 396 g/mol. The number of aromatic hydroxyl groups is 1. The average Bonchev–Trinajstić information content (AvgIpc) is 2.69. The molecule has 0 atom stereocenters. The zero-order chi connectivity index (χ0) is 22.4. The molecule has 0 radical (unpaired) electrons. The lowest BCUT2D eigenvalue weighted by Gasteiger charge is -2.19. The number of benzene rings is 1. The van der Waals surface area contributed by atoms with Gasteiger partial charge in [0.05, 0.1) is 0 Å².